The zero-order chi connectivity index (χ0) is 23.7. The lowest BCUT2D eigenvalue weighted by Gasteiger charge is -2.27. The predicted molar refractivity (Wildman–Crippen MR) is 134 cm³/mol. The Morgan fingerprint density at radius 3 is 2.56 bits per heavy atom. The second kappa shape index (κ2) is 9.69. The van der Waals surface area contributed by atoms with E-state index in [4.69, 9.17) is 0 Å². The molecule has 2 aliphatic rings. The molecule has 10 heteroatoms. The third-order valence-corrected chi connectivity index (χ3v) is 7.52. The van der Waals surface area contributed by atoms with Crippen LogP contribution in [-0.2, 0) is 11.8 Å². The maximum atomic E-state index is 13.0. The van der Waals surface area contributed by atoms with E-state index >= 15 is 0 Å². The highest BCUT2D eigenvalue weighted by Crippen LogP contribution is 2.41. The number of para-hydroxylation sites is 1. The molecule has 0 bridgehead atoms. The van der Waals surface area contributed by atoms with E-state index in [2.05, 4.69) is 25.0 Å². The van der Waals surface area contributed by atoms with Gasteiger partial charge in [-0.25, -0.2) is 4.68 Å². The lowest BCUT2D eigenvalue weighted by atomic mass is 10.1. The summed E-state index contributed by atoms with van der Waals surface area (Å²) in [5, 5.41) is 12.7. The molecule has 0 atom stereocenters. The second-order valence-electron chi connectivity index (χ2n) is 9.01. The molecule has 3 heterocycles. The number of carbonyl (C=O) groups excluding carboxylic acids is 1. The summed E-state index contributed by atoms with van der Waals surface area (Å²) in [7, 11) is 1.82. The van der Waals surface area contributed by atoms with Gasteiger partial charge in [-0.05, 0) is 51.2 Å². The van der Waals surface area contributed by atoms with Crippen LogP contribution >= 0.6 is 11.8 Å². The van der Waals surface area contributed by atoms with Crippen molar-refractivity contribution in [1.82, 2.24) is 24.1 Å². The lowest BCUT2D eigenvalue weighted by molar-refractivity contribution is -0.115. The highest BCUT2D eigenvalue weighted by Gasteiger charge is 2.32. The molecule has 0 unspecified atom stereocenters. The smallest absolute Gasteiger partial charge is 0.295 e. The molecule has 180 valence electrons. The van der Waals surface area contributed by atoms with Crippen molar-refractivity contribution in [3.63, 3.8) is 0 Å². The lowest BCUT2D eigenvalue weighted by Crippen LogP contribution is -2.31. The van der Waals surface area contributed by atoms with E-state index in [-0.39, 0.29) is 11.5 Å². The molecule has 1 aliphatic carbocycles. The molecule has 34 heavy (non-hydrogen) atoms. The van der Waals surface area contributed by atoms with Crippen LogP contribution in [0.1, 0.15) is 50.3 Å². The van der Waals surface area contributed by atoms with Gasteiger partial charge in [-0.3, -0.25) is 18.8 Å². The minimum Gasteiger partial charge on any atom is -0.341 e. The third kappa shape index (κ3) is 4.51. The van der Waals surface area contributed by atoms with Gasteiger partial charge in [-0.1, -0.05) is 30.0 Å². The van der Waals surface area contributed by atoms with Crippen LogP contribution in [0.2, 0.25) is 0 Å². The molecule has 1 N–H and O–H groups in total. The zero-order valence-electron chi connectivity index (χ0n) is 19.7. The maximum Gasteiger partial charge on any atom is 0.295 e. The van der Waals surface area contributed by atoms with Crippen LogP contribution in [0, 0.1) is 6.92 Å². The van der Waals surface area contributed by atoms with Crippen LogP contribution in [0.15, 0.2) is 40.3 Å². The quantitative estimate of drug-likeness (QED) is 0.495. The first-order valence-corrected chi connectivity index (χ1v) is 13.0. The predicted octanol–water partition coefficient (Wildman–Crippen LogP) is 3.52. The van der Waals surface area contributed by atoms with Crippen LogP contribution in [0.25, 0.3) is 5.69 Å². The van der Waals surface area contributed by atoms with Crippen LogP contribution in [0.3, 0.4) is 0 Å². The Bertz CT molecular complexity index is 1220. The minimum atomic E-state index is -0.230. The Hall–Kier alpha value is -3.01. The van der Waals surface area contributed by atoms with Gasteiger partial charge in [0.1, 0.15) is 5.69 Å². The number of piperidine rings is 1. The Morgan fingerprint density at radius 1 is 1.12 bits per heavy atom. The highest BCUT2D eigenvalue weighted by molar-refractivity contribution is 7.99. The third-order valence-electron chi connectivity index (χ3n) is 6.58. The molecule has 1 saturated heterocycles. The first kappa shape index (κ1) is 22.8. The standard InChI is InChI=1S/C24H31N7O2S/c1-17-21(22(33)31(28(17)2)19-9-5-3-6-10-19)25-20(32)13-16-34-24-27-26-23(30(24)18-11-12-18)29-14-7-4-8-15-29/h3,5-6,9-10,18H,4,7-8,11-16H2,1-2H3,(H,25,32). The molecule has 2 fully saturated rings. The maximum absolute atomic E-state index is 13.0. The van der Waals surface area contributed by atoms with E-state index in [1.165, 1.54) is 19.3 Å². The minimum absolute atomic E-state index is 0.174. The fraction of sp³-hybridized carbons (Fsp3) is 0.500. The van der Waals surface area contributed by atoms with Gasteiger partial charge in [-0.15, -0.1) is 10.2 Å². The number of rotatable bonds is 8. The fourth-order valence-electron chi connectivity index (χ4n) is 4.48. The normalized spacial score (nSPS) is 16.1. The van der Waals surface area contributed by atoms with Gasteiger partial charge in [0.05, 0.1) is 11.4 Å². The fourth-order valence-corrected chi connectivity index (χ4v) is 5.42. The van der Waals surface area contributed by atoms with Crippen molar-refractivity contribution in [2.45, 2.75) is 56.6 Å². The molecular formula is C24H31N7O2S. The van der Waals surface area contributed by atoms with Crippen molar-refractivity contribution in [2.24, 2.45) is 7.05 Å². The average molecular weight is 482 g/mol. The number of aromatic nitrogens is 5. The first-order chi connectivity index (χ1) is 16.5. The molecule has 9 nitrogen and oxygen atoms in total. The summed E-state index contributed by atoms with van der Waals surface area (Å²) in [5.41, 5.74) is 1.58. The summed E-state index contributed by atoms with van der Waals surface area (Å²) in [4.78, 5) is 28.1. The second-order valence-corrected chi connectivity index (χ2v) is 10.1. The number of carbonyl (C=O) groups is 1. The van der Waals surface area contributed by atoms with Crippen LogP contribution in [0.4, 0.5) is 11.6 Å². The van der Waals surface area contributed by atoms with Crippen molar-refractivity contribution in [2.75, 3.05) is 29.1 Å². The van der Waals surface area contributed by atoms with Crippen molar-refractivity contribution in [3.8, 4) is 5.69 Å². The van der Waals surface area contributed by atoms with Crippen LogP contribution in [-0.4, -0.2) is 48.9 Å². The molecule has 1 aromatic carbocycles. The van der Waals surface area contributed by atoms with E-state index in [0.29, 0.717) is 23.9 Å². The van der Waals surface area contributed by atoms with Gasteiger partial charge >= 0.3 is 0 Å². The number of nitrogens with one attached hydrogen (secondary N) is 1. The number of hydrogen-bond acceptors (Lipinski definition) is 6. The van der Waals surface area contributed by atoms with E-state index in [0.717, 1.165) is 48.4 Å². The Balaban J connectivity index is 1.24. The monoisotopic (exact) mass is 481 g/mol. The SMILES string of the molecule is Cc1c(NC(=O)CCSc2nnc(N3CCCCC3)n2C2CC2)c(=O)n(-c2ccccc2)n1C. The molecule has 2 aromatic heterocycles. The van der Waals surface area contributed by atoms with Gasteiger partial charge in [-0.2, -0.15) is 0 Å². The first-order valence-electron chi connectivity index (χ1n) is 12.0. The molecular weight excluding hydrogens is 450 g/mol. The Kier molecular flexibility index (Phi) is 6.49. The van der Waals surface area contributed by atoms with E-state index in [1.54, 1.807) is 21.1 Å². The molecule has 0 spiro atoms. The summed E-state index contributed by atoms with van der Waals surface area (Å²) >= 11 is 1.57. The topological polar surface area (TPSA) is 90.0 Å². The highest BCUT2D eigenvalue weighted by atomic mass is 32.2. The molecule has 3 aromatic rings. The number of amides is 1. The van der Waals surface area contributed by atoms with E-state index < -0.39 is 0 Å². The van der Waals surface area contributed by atoms with Crippen molar-refractivity contribution in [1.29, 1.82) is 0 Å². The summed E-state index contributed by atoms with van der Waals surface area (Å²) in [5.74, 6) is 1.39. The molecule has 1 aliphatic heterocycles. The summed E-state index contributed by atoms with van der Waals surface area (Å²) in [6.45, 7) is 3.91. The van der Waals surface area contributed by atoms with Gasteiger partial charge in [0.25, 0.3) is 5.56 Å². The van der Waals surface area contributed by atoms with Crippen molar-refractivity contribution >= 4 is 29.3 Å². The van der Waals surface area contributed by atoms with Crippen LogP contribution in [0.5, 0.6) is 0 Å². The number of anilines is 2. The summed E-state index contributed by atoms with van der Waals surface area (Å²) < 4.78 is 5.61. The van der Waals surface area contributed by atoms with Crippen LogP contribution < -0.4 is 15.8 Å². The van der Waals surface area contributed by atoms with Gasteiger partial charge < -0.3 is 10.2 Å². The number of nitrogens with zero attached hydrogens (tertiary/aromatic N) is 6. The molecule has 5 rings (SSSR count). The molecule has 1 saturated carbocycles. The van der Waals surface area contributed by atoms with E-state index in [1.807, 2.05) is 44.3 Å². The largest absolute Gasteiger partial charge is 0.341 e. The summed E-state index contributed by atoms with van der Waals surface area (Å²) in [6.07, 6.45) is 6.29. The van der Waals surface area contributed by atoms with Crippen molar-refractivity contribution in [3.05, 3.63) is 46.4 Å². The number of hydrogen-bond donors (Lipinski definition) is 1. The molecule has 1 amide bonds. The van der Waals surface area contributed by atoms with Crippen molar-refractivity contribution < 1.29 is 4.79 Å². The van der Waals surface area contributed by atoms with E-state index in [9.17, 15) is 9.59 Å². The summed E-state index contributed by atoms with van der Waals surface area (Å²) in [6, 6.07) is 9.90. The Labute approximate surface area is 203 Å². The van der Waals surface area contributed by atoms with Gasteiger partial charge in [0.15, 0.2) is 5.16 Å². The Morgan fingerprint density at radius 2 is 1.85 bits per heavy atom. The van der Waals surface area contributed by atoms with Gasteiger partial charge in [0, 0.05) is 38.4 Å². The number of thioether (sulfide) groups is 1. The van der Waals surface area contributed by atoms with Gasteiger partial charge in [0.2, 0.25) is 11.9 Å². The average Bonchev–Trinajstić information content (AvgIpc) is 3.58. The zero-order valence-corrected chi connectivity index (χ0v) is 20.6. The number of benzene rings is 1. The molecule has 0 radical (unpaired) electrons.